The van der Waals surface area contributed by atoms with Gasteiger partial charge in [0, 0.05) is 31.0 Å². The molecule has 3 heterocycles. The first-order chi connectivity index (χ1) is 11.2. The van der Waals surface area contributed by atoms with Gasteiger partial charge in [-0.25, -0.2) is 4.68 Å². The van der Waals surface area contributed by atoms with Gasteiger partial charge < -0.3 is 9.80 Å². The van der Waals surface area contributed by atoms with E-state index in [9.17, 15) is 9.59 Å². The van der Waals surface area contributed by atoms with Crippen LogP contribution in [0, 0.1) is 0 Å². The molecule has 1 aromatic heterocycles. The Hall–Kier alpha value is -2.63. The van der Waals surface area contributed by atoms with Gasteiger partial charge in [0.05, 0.1) is 11.3 Å². The van der Waals surface area contributed by atoms with Crippen LogP contribution < -0.4 is 4.90 Å². The summed E-state index contributed by atoms with van der Waals surface area (Å²) in [6.07, 6.45) is 5.34. The highest BCUT2D eigenvalue weighted by Crippen LogP contribution is 2.36. The van der Waals surface area contributed by atoms with Crippen LogP contribution >= 0.6 is 0 Å². The fourth-order valence-electron chi connectivity index (χ4n) is 3.61. The third-order valence-corrected chi connectivity index (χ3v) is 4.68. The van der Waals surface area contributed by atoms with E-state index in [2.05, 4.69) is 16.9 Å². The van der Waals surface area contributed by atoms with E-state index < -0.39 is 0 Å². The molecule has 0 N–H and O–H groups in total. The second kappa shape index (κ2) is 5.22. The predicted molar refractivity (Wildman–Crippen MR) is 85.5 cm³/mol. The van der Waals surface area contributed by atoms with E-state index in [-0.39, 0.29) is 18.0 Å². The molecule has 6 heteroatoms. The highest BCUT2D eigenvalue weighted by atomic mass is 16.2. The fourth-order valence-corrected chi connectivity index (χ4v) is 3.61. The molecular weight excluding hydrogens is 292 g/mol. The largest absolute Gasteiger partial charge is 0.351 e. The van der Waals surface area contributed by atoms with Gasteiger partial charge in [-0.2, -0.15) is 5.10 Å². The van der Waals surface area contributed by atoms with Gasteiger partial charge in [-0.3, -0.25) is 9.59 Å². The Morgan fingerprint density at radius 3 is 3.00 bits per heavy atom. The average Bonchev–Trinajstić information content (AvgIpc) is 3.26. The van der Waals surface area contributed by atoms with Crippen molar-refractivity contribution in [2.75, 3.05) is 18.0 Å². The zero-order valence-corrected chi connectivity index (χ0v) is 13.0. The van der Waals surface area contributed by atoms with Crippen LogP contribution in [-0.2, 0) is 0 Å². The smallest absolute Gasteiger partial charge is 0.278 e. The second-order valence-electron chi connectivity index (χ2n) is 5.90. The number of rotatable bonds is 2. The molecule has 2 aromatic rings. The van der Waals surface area contributed by atoms with Gasteiger partial charge in [0.15, 0.2) is 0 Å². The number of amides is 1. The molecule has 0 aliphatic carbocycles. The third-order valence-electron chi connectivity index (χ3n) is 4.68. The summed E-state index contributed by atoms with van der Waals surface area (Å²) in [6.45, 7) is 3.70. The monoisotopic (exact) mass is 310 g/mol. The van der Waals surface area contributed by atoms with Crippen LogP contribution in [0.1, 0.15) is 40.5 Å². The van der Waals surface area contributed by atoms with Crippen molar-refractivity contribution < 1.29 is 9.59 Å². The van der Waals surface area contributed by atoms with Crippen LogP contribution in [0.25, 0.3) is 0 Å². The molecule has 1 atom stereocenters. The summed E-state index contributed by atoms with van der Waals surface area (Å²) in [5, 5.41) is 3.99. The summed E-state index contributed by atoms with van der Waals surface area (Å²) in [5.41, 5.74) is 2.09. The number of aromatic nitrogens is 2. The van der Waals surface area contributed by atoms with Crippen molar-refractivity contribution in [3.63, 3.8) is 0 Å². The number of hydrogen-bond donors (Lipinski definition) is 0. The molecule has 1 fully saturated rings. The maximum absolute atomic E-state index is 12.7. The van der Waals surface area contributed by atoms with Crippen molar-refractivity contribution in [2.24, 2.45) is 0 Å². The summed E-state index contributed by atoms with van der Waals surface area (Å²) in [5.74, 6) is -0.111. The lowest BCUT2D eigenvalue weighted by Crippen LogP contribution is -2.52. The van der Waals surface area contributed by atoms with Crippen LogP contribution in [0.3, 0.4) is 0 Å². The zero-order valence-electron chi connectivity index (χ0n) is 13.0. The number of fused-ring (bicyclic) bond motifs is 2. The highest BCUT2D eigenvalue weighted by molar-refractivity contribution is 6.05. The first-order valence-electron chi connectivity index (χ1n) is 7.96. The molecule has 1 saturated heterocycles. The number of anilines is 1. The molecule has 4 rings (SSSR count). The lowest BCUT2D eigenvalue weighted by molar-refractivity contribution is 0.0715. The van der Waals surface area contributed by atoms with Crippen molar-refractivity contribution in [3.8, 4) is 0 Å². The van der Waals surface area contributed by atoms with Crippen LogP contribution in [0.15, 0.2) is 36.7 Å². The maximum atomic E-state index is 12.7. The molecular formula is C17H18N4O2. The van der Waals surface area contributed by atoms with Gasteiger partial charge in [-0.1, -0.05) is 0 Å². The summed E-state index contributed by atoms with van der Waals surface area (Å²) in [4.78, 5) is 29.3. The minimum atomic E-state index is -0.185. The molecule has 2 aliphatic heterocycles. The molecule has 1 amide bonds. The van der Waals surface area contributed by atoms with E-state index in [1.165, 1.54) is 4.68 Å². The fraction of sp³-hybridized carbons (Fsp3) is 0.353. The van der Waals surface area contributed by atoms with Gasteiger partial charge in [0.2, 0.25) is 0 Å². The van der Waals surface area contributed by atoms with Crippen molar-refractivity contribution in [2.45, 2.75) is 25.9 Å². The lowest BCUT2D eigenvalue weighted by Gasteiger charge is -2.41. The molecule has 1 aromatic carbocycles. The van der Waals surface area contributed by atoms with Crippen molar-refractivity contribution >= 4 is 17.5 Å². The average molecular weight is 310 g/mol. The van der Waals surface area contributed by atoms with Crippen LogP contribution in [0.4, 0.5) is 5.69 Å². The Labute approximate surface area is 134 Å². The topological polar surface area (TPSA) is 58.4 Å². The van der Waals surface area contributed by atoms with E-state index in [1.54, 1.807) is 30.6 Å². The predicted octanol–water partition coefficient (Wildman–Crippen LogP) is 1.97. The Bertz CT molecular complexity index is 769. The van der Waals surface area contributed by atoms with Gasteiger partial charge in [0.25, 0.3) is 11.8 Å². The molecule has 23 heavy (non-hydrogen) atoms. The van der Waals surface area contributed by atoms with E-state index in [1.807, 2.05) is 11.0 Å². The first kappa shape index (κ1) is 14.0. The molecule has 0 saturated carbocycles. The Kier molecular flexibility index (Phi) is 3.18. The van der Waals surface area contributed by atoms with Gasteiger partial charge in [0.1, 0.15) is 6.17 Å². The van der Waals surface area contributed by atoms with Crippen molar-refractivity contribution in [3.05, 3.63) is 47.8 Å². The van der Waals surface area contributed by atoms with E-state index in [0.717, 1.165) is 31.6 Å². The normalized spacial score (nSPS) is 19.7. The van der Waals surface area contributed by atoms with E-state index >= 15 is 0 Å². The molecule has 6 nitrogen and oxygen atoms in total. The minimum Gasteiger partial charge on any atom is -0.351 e. The zero-order chi connectivity index (χ0) is 16.0. The second-order valence-corrected chi connectivity index (χ2v) is 5.90. The van der Waals surface area contributed by atoms with E-state index in [0.29, 0.717) is 11.1 Å². The summed E-state index contributed by atoms with van der Waals surface area (Å²) < 4.78 is 1.31. The molecule has 0 bridgehead atoms. The molecule has 0 spiro atoms. The molecule has 1 unspecified atom stereocenters. The van der Waals surface area contributed by atoms with Crippen LogP contribution in [0.2, 0.25) is 0 Å². The summed E-state index contributed by atoms with van der Waals surface area (Å²) >= 11 is 0. The quantitative estimate of drug-likeness (QED) is 0.851. The Morgan fingerprint density at radius 1 is 1.39 bits per heavy atom. The molecule has 2 aliphatic rings. The SMILES string of the molecule is CCN1c2cc(C(=O)n3cccn3)ccc2C(=O)N2CCCC21. The maximum Gasteiger partial charge on any atom is 0.278 e. The number of nitrogens with zero attached hydrogens (tertiary/aromatic N) is 4. The summed E-state index contributed by atoms with van der Waals surface area (Å²) in [7, 11) is 0. The summed E-state index contributed by atoms with van der Waals surface area (Å²) in [6, 6.07) is 7.03. The minimum absolute atomic E-state index is 0.0743. The Balaban J connectivity index is 1.79. The number of carbonyl (C=O) groups excluding carboxylic acids is 2. The van der Waals surface area contributed by atoms with Crippen LogP contribution in [0.5, 0.6) is 0 Å². The lowest BCUT2D eigenvalue weighted by atomic mass is 10.0. The van der Waals surface area contributed by atoms with Crippen LogP contribution in [-0.4, -0.2) is 45.8 Å². The van der Waals surface area contributed by atoms with Crippen molar-refractivity contribution in [1.29, 1.82) is 0 Å². The van der Waals surface area contributed by atoms with E-state index in [4.69, 9.17) is 0 Å². The van der Waals surface area contributed by atoms with Gasteiger partial charge in [-0.05, 0) is 44.0 Å². The molecule has 118 valence electrons. The number of carbonyl (C=O) groups is 2. The third kappa shape index (κ3) is 2.05. The van der Waals surface area contributed by atoms with Gasteiger partial charge >= 0.3 is 0 Å². The van der Waals surface area contributed by atoms with Crippen molar-refractivity contribution in [1.82, 2.24) is 14.7 Å². The molecule has 0 radical (unpaired) electrons. The Morgan fingerprint density at radius 2 is 2.26 bits per heavy atom. The highest BCUT2D eigenvalue weighted by Gasteiger charge is 2.39. The first-order valence-corrected chi connectivity index (χ1v) is 7.96. The number of hydrogen-bond acceptors (Lipinski definition) is 4. The van der Waals surface area contributed by atoms with Gasteiger partial charge in [-0.15, -0.1) is 0 Å². The standard InChI is InChI=1S/C17H18N4O2/c1-2-19-14-11-12(16(22)21-10-4-8-18-21)6-7-13(14)17(23)20-9-3-5-15(19)20/h4,6-8,10-11,15H,2-3,5,9H2,1H3. The number of benzene rings is 1.